The van der Waals surface area contributed by atoms with Gasteiger partial charge in [0.15, 0.2) is 34.7 Å². The molecule has 3 aromatic rings. The van der Waals surface area contributed by atoms with Gasteiger partial charge < -0.3 is 18.9 Å². The molecule has 0 radical (unpaired) electrons. The van der Waals surface area contributed by atoms with E-state index in [9.17, 15) is 27.6 Å². The van der Waals surface area contributed by atoms with Crippen molar-refractivity contribution in [3.8, 4) is 17.2 Å². The Bertz CT molecular complexity index is 1490. The first kappa shape index (κ1) is 37.1. The zero-order valence-electron chi connectivity index (χ0n) is 27.3. The minimum atomic E-state index is -1.09. The van der Waals surface area contributed by atoms with Crippen LogP contribution in [0.1, 0.15) is 122 Å². The predicted octanol–water partition coefficient (Wildman–Crippen LogP) is 9.80. The fraction of sp³-hybridized carbons (Fsp3) is 0.432. The minimum absolute atomic E-state index is 0.00192. The number of ether oxygens (including phenoxy) is 4. The van der Waals surface area contributed by atoms with Crippen molar-refractivity contribution in [3.63, 3.8) is 0 Å². The Labute approximate surface area is 274 Å². The minimum Gasteiger partial charge on any atom is -0.491 e. The molecular formula is C37H43F3O7. The van der Waals surface area contributed by atoms with Crippen molar-refractivity contribution in [2.24, 2.45) is 0 Å². The smallest absolute Gasteiger partial charge is 0.343 e. The third-order valence-electron chi connectivity index (χ3n) is 7.44. The molecule has 0 aromatic heterocycles. The van der Waals surface area contributed by atoms with Crippen molar-refractivity contribution in [2.75, 3.05) is 6.61 Å². The molecule has 7 nitrogen and oxygen atoms in total. The Morgan fingerprint density at radius 2 is 1.00 bits per heavy atom. The second-order valence-electron chi connectivity index (χ2n) is 11.4. The van der Waals surface area contributed by atoms with E-state index in [0.29, 0.717) is 13.0 Å². The lowest BCUT2D eigenvalue weighted by Gasteiger charge is -2.13. The van der Waals surface area contributed by atoms with E-state index < -0.39 is 46.9 Å². The summed E-state index contributed by atoms with van der Waals surface area (Å²) in [6.45, 7) is 6.36. The van der Waals surface area contributed by atoms with Gasteiger partial charge in [0.25, 0.3) is 0 Å². The Balaban J connectivity index is 1.53. The SMILES string of the molecule is CCCCCCCCOc1ccc(C(=O)Oc2ccc(C(=O)Oc3ccc(C(=O)OC(C)CCCCCC)cc3F)cc2F)cc1F. The number of carbonyl (C=O) groups excluding carboxylic acids is 3. The van der Waals surface area contributed by atoms with Crippen LogP contribution in [0.4, 0.5) is 13.2 Å². The number of unbranched alkanes of at least 4 members (excludes halogenated alkanes) is 8. The first-order chi connectivity index (χ1) is 22.6. The van der Waals surface area contributed by atoms with Gasteiger partial charge in [0.2, 0.25) is 0 Å². The molecule has 0 aliphatic carbocycles. The van der Waals surface area contributed by atoms with Gasteiger partial charge in [-0.15, -0.1) is 0 Å². The maximum atomic E-state index is 14.8. The summed E-state index contributed by atoms with van der Waals surface area (Å²) in [5.74, 6) is -6.61. The summed E-state index contributed by atoms with van der Waals surface area (Å²) in [4.78, 5) is 37.6. The normalized spacial score (nSPS) is 11.5. The van der Waals surface area contributed by atoms with Crippen molar-refractivity contribution in [1.29, 1.82) is 0 Å². The average Bonchev–Trinajstić information content (AvgIpc) is 3.05. The highest BCUT2D eigenvalue weighted by Gasteiger charge is 2.20. The van der Waals surface area contributed by atoms with Gasteiger partial charge in [0.05, 0.1) is 29.4 Å². The quantitative estimate of drug-likeness (QED) is 0.0721. The molecule has 1 unspecified atom stereocenters. The molecule has 0 bridgehead atoms. The standard InChI is InChI=1S/C37H43F3O7/c1-4-6-8-10-11-13-21-44-32-18-15-27(22-29(32)38)36(42)46-34-20-17-28(24-31(34)40)37(43)47-33-19-16-26(23-30(33)39)35(41)45-25(3)14-12-9-7-5-2/h15-20,22-25H,4-14,21H2,1-3H3. The van der Waals surface area contributed by atoms with E-state index in [2.05, 4.69) is 13.8 Å². The van der Waals surface area contributed by atoms with E-state index >= 15 is 0 Å². The predicted molar refractivity (Wildman–Crippen MR) is 172 cm³/mol. The summed E-state index contributed by atoms with van der Waals surface area (Å²) in [6, 6.07) is 9.73. The van der Waals surface area contributed by atoms with Gasteiger partial charge in [0, 0.05) is 0 Å². The number of esters is 3. The second-order valence-corrected chi connectivity index (χ2v) is 11.4. The fourth-order valence-electron chi connectivity index (χ4n) is 4.72. The molecule has 0 saturated heterocycles. The van der Waals surface area contributed by atoms with Crippen molar-refractivity contribution in [3.05, 3.63) is 88.7 Å². The van der Waals surface area contributed by atoms with Gasteiger partial charge in [-0.25, -0.2) is 27.6 Å². The maximum absolute atomic E-state index is 14.8. The highest BCUT2D eigenvalue weighted by molar-refractivity contribution is 5.93. The summed E-state index contributed by atoms with van der Waals surface area (Å²) < 4.78 is 64.9. The Hall–Kier alpha value is -4.34. The molecule has 0 spiro atoms. The summed E-state index contributed by atoms with van der Waals surface area (Å²) in [6.07, 6.45) is 10.9. The first-order valence-corrected chi connectivity index (χ1v) is 16.3. The monoisotopic (exact) mass is 656 g/mol. The van der Waals surface area contributed by atoms with E-state index in [1.165, 1.54) is 24.6 Å². The molecule has 3 aromatic carbocycles. The number of halogens is 3. The molecule has 3 rings (SSSR count). The lowest BCUT2D eigenvalue weighted by Crippen LogP contribution is -2.16. The molecule has 0 amide bonds. The maximum Gasteiger partial charge on any atom is 0.343 e. The van der Waals surface area contributed by atoms with Gasteiger partial charge in [-0.1, -0.05) is 65.2 Å². The van der Waals surface area contributed by atoms with Crippen LogP contribution in [0.5, 0.6) is 17.2 Å². The summed E-state index contributed by atoms with van der Waals surface area (Å²) in [5.41, 5.74) is -0.503. The van der Waals surface area contributed by atoms with Gasteiger partial charge in [-0.2, -0.15) is 0 Å². The van der Waals surface area contributed by atoms with Gasteiger partial charge in [0.1, 0.15) is 0 Å². The van der Waals surface area contributed by atoms with Crippen LogP contribution in [0.15, 0.2) is 54.6 Å². The number of hydrogen-bond acceptors (Lipinski definition) is 7. The molecule has 10 heteroatoms. The molecule has 254 valence electrons. The fourth-order valence-corrected chi connectivity index (χ4v) is 4.72. The highest BCUT2D eigenvalue weighted by atomic mass is 19.1. The largest absolute Gasteiger partial charge is 0.491 e. The highest BCUT2D eigenvalue weighted by Crippen LogP contribution is 2.25. The van der Waals surface area contributed by atoms with Crippen molar-refractivity contribution in [1.82, 2.24) is 0 Å². The molecule has 0 saturated carbocycles. The number of hydrogen-bond donors (Lipinski definition) is 0. The molecule has 0 N–H and O–H groups in total. The van der Waals surface area contributed by atoms with E-state index in [-0.39, 0.29) is 28.5 Å². The van der Waals surface area contributed by atoms with Crippen molar-refractivity contribution < 1.29 is 46.5 Å². The number of carbonyl (C=O) groups is 3. The van der Waals surface area contributed by atoms with E-state index in [1.807, 2.05) is 0 Å². The van der Waals surface area contributed by atoms with Crippen LogP contribution in [0.2, 0.25) is 0 Å². The Morgan fingerprint density at radius 1 is 0.574 bits per heavy atom. The van der Waals surface area contributed by atoms with E-state index in [0.717, 1.165) is 94.2 Å². The summed E-state index contributed by atoms with van der Waals surface area (Å²) in [5, 5.41) is 0. The molecule has 47 heavy (non-hydrogen) atoms. The molecule has 0 aliphatic heterocycles. The summed E-state index contributed by atoms with van der Waals surface area (Å²) in [7, 11) is 0. The lowest BCUT2D eigenvalue weighted by atomic mass is 10.1. The average molecular weight is 657 g/mol. The molecular weight excluding hydrogens is 613 g/mol. The molecule has 0 aliphatic rings. The van der Waals surface area contributed by atoms with E-state index in [1.54, 1.807) is 6.92 Å². The van der Waals surface area contributed by atoms with Gasteiger partial charge in [-0.05, 0) is 80.8 Å². The van der Waals surface area contributed by atoms with Crippen molar-refractivity contribution >= 4 is 17.9 Å². The zero-order valence-corrected chi connectivity index (χ0v) is 27.3. The van der Waals surface area contributed by atoms with Crippen LogP contribution in [0.25, 0.3) is 0 Å². The van der Waals surface area contributed by atoms with E-state index in [4.69, 9.17) is 18.9 Å². The topological polar surface area (TPSA) is 88.1 Å². The second kappa shape index (κ2) is 19.4. The molecule has 0 fully saturated rings. The van der Waals surface area contributed by atoms with Gasteiger partial charge >= 0.3 is 17.9 Å². The first-order valence-electron chi connectivity index (χ1n) is 16.3. The number of rotatable bonds is 19. The van der Waals surface area contributed by atoms with Crippen LogP contribution in [0.3, 0.4) is 0 Å². The summed E-state index contributed by atoms with van der Waals surface area (Å²) >= 11 is 0. The van der Waals surface area contributed by atoms with Crippen LogP contribution in [-0.2, 0) is 4.74 Å². The molecule has 0 heterocycles. The number of benzene rings is 3. The van der Waals surface area contributed by atoms with Gasteiger partial charge in [-0.3, -0.25) is 0 Å². The Kier molecular flexibility index (Phi) is 15.3. The van der Waals surface area contributed by atoms with Crippen LogP contribution in [0, 0.1) is 17.5 Å². The zero-order chi connectivity index (χ0) is 34.2. The third kappa shape index (κ3) is 12.1. The lowest BCUT2D eigenvalue weighted by molar-refractivity contribution is 0.0318. The molecule has 1 atom stereocenters. The Morgan fingerprint density at radius 3 is 1.49 bits per heavy atom. The van der Waals surface area contributed by atoms with Crippen molar-refractivity contribution in [2.45, 2.75) is 97.5 Å². The van der Waals surface area contributed by atoms with Crippen LogP contribution < -0.4 is 14.2 Å². The van der Waals surface area contributed by atoms with Crippen LogP contribution in [-0.4, -0.2) is 30.6 Å². The third-order valence-corrected chi connectivity index (χ3v) is 7.44. The van der Waals surface area contributed by atoms with Crippen LogP contribution >= 0.6 is 0 Å².